The predicted molar refractivity (Wildman–Crippen MR) is 85.1 cm³/mol. The number of carboxylic acid groups (broad SMARTS) is 2. The predicted octanol–water partition coefficient (Wildman–Crippen LogP) is 1.49. The Kier molecular flexibility index (Phi) is 3.92. The molecule has 4 N–H and O–H groups in total. The zero-order valence-electron chi connectivity index (χ0n) is 12.9. The van der Waals surface area contributed by atoms with Crippen LogP contribution in [0, 0.1) is 0 Å². The largest absolute Gasteiger partial charge is 0.507 e. The lowest BCUT2D eigenvalue weighted by Crippen LogP contribution is -2.17. The number of hydrogen-bond acceptors (Lipinski definition) is 5. The maximum absolute atomic E-state index is 12.6. The lowest BCUT2D eigenvalue weighted by Gasteiger charge is -2.22. The van der Waals surface area contributed by atoms with E-state index in [9.17, 15) is 24.6 Å². The van der Waals surface area contributed by atoms with Gasteiger partial charge in [-0.25, -0.2) is 0 Å². The van der Waals surface area contributed by atoms with Crippen molar-refractivity contribution in [1.82, 2.24) is 0 Å². The Hall–Kier alpha value is -3.35. The molecule has 0 atom stereocenters. The molecule has 0 aromatic heterocycles. The standard InChI is InChI=1S/C18H14O7/c19-14(20)5-8-1-3-10-12(16(8)23)7-13-11(18(10)25)4-2-9(17(13)24)6-15(21)22/h1-4,23-24H,5-7H2,(H,19,20)(H,21,22). The van der Waals surface area contributed by atoms with Crippen molar-refractivity contribution < 1.29 is 34.8 Å². The van der Waals surface area contributed by atoms with Crippen LogP contribution < -0.4 is 0 Å². The van der Waals surface area contributed by atoms with Gasteiger partial charge in [0.2, 0.25) is 0 Å². The lowest BCUT2D eigenvalue weighted by atomic mass is 9.82. The first kappa shape index (κ1) is 16.5. The summed E-state index contributed by atoms with van der Waals surface area (Å²) in [4.78, 5) is 34.4. The Morgan fingerprint density at radius 2 is 1.20 bits per heavy atom. The fraction of sp³-hybridized carbons (Fsp3) is 0.167. The SMILES string of the molecule is O=C(O)Cc1ccc2c(c1O)Cc1c(ccc(CC(=O)O)c1O)C2=O. The highest BCUT2D eigenvalue weighted by atomic mass is 16.4. The summed E-state index contributed by atoms with van der Waals surface area (Å²) in [5, 5.41) is 38.5. The van der Waals surface area contributed by atoms with Crippen molar-refractivity contribution in [2.45, 2.75) is 19.3 Å². The van der Waals surface area contributed by atoms with E-state index in [1.807, 2.05) is 0 Å². The van der Waals surface area contributed by atoms with Gasteiger partial charge in [-0.3, -0.25) is 14.4 Å². The lowest BCUT2D eigenvalue weighted by molar-refractivity contribution is -0.137. The number of carbonyl (C=O) groups is 3. The van der Waals surface area contributed by atoms with E-state index in [1.165, 1.54) is 24.3 Å². The Morgan fingerprint density at radius 3 is 1.56 bits per heavy atom. The highest BCUT2D eigenvalue weighted by Crippen LogP contribution is 2.39. The highest BCUT2D eigenvalue weighted by molar-refractivity contribution is 6.13. The van der Waals surface area contributed by atoms with Crippen molar-refractivity contribution in [3.63, 3.8) is 0 Å². The number of benzene rings is 2. The van der Waals surface area contributed by atoms with Gasteiger partial charge < -0.3 is 20.4 Å². The first-order valence-electron chi connectivity index (χ1n) is 7.45. The molecule has 1 aliphatic carbocycles. The number of phenols is 2. The van der Waals surface area contributed by atoms with Gasteiger partial charge in [0.15, 0.2) is 5.78 Å². The van der Waals surface area contributed by atoms with E-state index in [0.29, 0.717) is 0 Å². The zero-order valence-corrected chi connectivity index (χ0v) is 12.9. The van der Waals surface area contributed by atoms with E-state index in [2.05, 4.69) is 0 Å². The molecule has 0 spiro atoms. The first-order chi connectivity index (χ1) is 11.8. The molecular weight excluding hydrogens is 328 g/mol. The van der Waals surface area contributed by atoms with Gasteiger partial charge in [-0.05, 0) is 0 Å². The summed E-state index contributed by atoms with van der Waals surface area (Å²) in [5.41, 5.74) is 1.29. The van der Waals surface area contributed by atoms with Crippen LogP contribution in [0.3, 0.4) is 0 Å². The maximum Gasteiger partial charge on any atom is 0.307 e. The van der Waals surface area contributed by atoms with E-state index >= 15 is 0 Å². The molecular formula is C18H14O7. The fourth-order valence-electron chi connectivity index (χ4n) is 3.09. The van der Waals surface area contributed by atoms with E-state index in [4.69, 9.17) is 10.2 Å². The van der Waals surface area contributed by atoms with Crippen LogP contribution in [0.5, 0.6) is 11.5 Å². The van der Waals surface area contributed by atoms with Crippen LogP contribution in [0.4, 0.5) is 0 Å². The molecule has 0 unspecified atom stereocenters. The summed E-state index contributed by atoms with van der Waals surface area (Å²) in [5.74, 6) is -3.23. The Labute approximate surface area is 141 Å². The molecule has 0 aliphatic heterocycles. The minimum Gasteiger partial charge on any atom is -0.507 e. The molecule has 2 aromatic rings. The second kappa shape index (κ2) is 5.94. The van der Waals surface area contributed by atoms with Crippen LogP contribution in [0.15, 0.2) is 24.3 Å². The van der Waals surface area contributed by atoms with Gasteiger partial charge >= 0.3 is 11.9 Å². The smallest absolute Gasteiger partial charge is 0.307 e. The Morgan fingerprint density at radius 1 is 0.800 bits per heavy atom. The topological polar surface area (TPSA) is 132 Å². The van der Waals surface area contributed by atoms with E-state index in [-0.39, 0.29) is 51.3 Å². The number of carbonyl (C=O) groups excluding carboxylic acids is 1. The van der Waals surface area contributed by atoms with Crippen LogP contribution in [-0.4, -0.2) is 38.1 Å². The quantitative estimate of drug-likeness (QED) is 0.564. The molecule has 7 heteroatoms. The minimum absolute atomic E-state index is 0.00892. The number of fused-ring (bicyclic) bond motifs is 2. The molecule has 0 fully saturated rings. The molecule has 0 saturated heterocycles. The van der Waals surface area contributed by atoms with Gasteiger partial charge in [-0.2, -0.15) is 0 Å². The summed E-state index contributed by atoms with van der Waals surface area (Å²) in [6.45, 7) is 0. The number of aliphatic carboxylic acids is 2. The molecule has 0 heterocycles. The average molecular weight is 342 g/mol. The molecule has 0 amide bonds. The van der Waals surface area contributed by atoms with Gasteiger partial charge in [0.1, 0.15) is 11.5 Å². The van der Waals surface area contributed by atoms with Crippen molar-refractivity contribution in [3.8, 4) is 11.5 Å². The first-order valence-corrected chi connectivity index (χ1v) is 7.45. The third kappa shape index (κ3) is 2.80. The van der Waals surface area contributed by atoms with Crippen LogP contribution in [0.2, 0.25) is 0 Å². The molecule has 0 saturated carbocycles. The summed E-state index contributed by atoms with van der Waals surface area (Å²) in [6, 6.07) is 5.70. The Balaban J connectivity index is 2.12. The third-order valence-electron chi connectivity index (χ3n) is 4.26. The number of hydrogen-bond donors (Lipinski definition) is 4. The molecule has 128 valence electrons. The molecule has 3 rings (SSSR count). The van der Waals surface area contributed by atoms with Crippen molar-refractivity contribution in [1.29, 1.82) is 0 Å². The van der Waals surface area contributed by atoms with Crippen molar-refractivity contribution in [3.05, 3.63) is 57.6 Å². The second-order valence-corrected chi connectivity index (χ2v) is 5.85. The molecule has 0 bridgehead atoms. The number of carboxylic acids is 2. The summed E-state index contributed by atoms with van der Waals surface area (Å²) < 4.78 is 0. The van der Waals surface area contributed by atoms with E-state index in [0.717, 1.165) is 0 Å². The van der Waals surface area contributed by atoms with Gasteiger partial charge in [0, 0.05) is 39.8 Å². The molecule has 2 aromatic carbocycles. The Bertz CT molecular complexity index is 854. The van der Waals surface area contributed by atoms with Gasteiger partial charge in [-0.15, -0.1) is 0 Å². The molecule has 7 nitrogen and oxygen atoms in total. The van der Waals surface area contributed by atoms with Crippen LogP contribution in [0.1, 0.15) is 38.2 Å². The summed E-state index contributed by atoms with van der Waals surface area (Å²) in [6.07, 6.45) is -0.786. The van der Waals surface area contributed by atoms with E-state index in [1.54, 1.807) is 0 Å². The highest BCUT2D eigenvalue weighted by Gasteiger charge is 2.30. The average Bonchev–Trinajstić information content (AvgIpc) is 2.53. The van der Waals surface area contributed by atoms with Crippen molar-refractivity contribution in [2.75, 3.05) is 0 Å². The minimum atomic E-state index is -1.12. The number of rotatable bonds is 4. The van der Waals surface area contributed by atoms with Crippen LogP contribution >= 0.6 is 0 Å². The van der Waals surface area contributed by atoms with Gasteiger partial charge in [-0.1, -0.05) is 24.3 Å². The van der Waals surface area contributed by atoms with Gasteiger partial charge in [0.25, 0.3) is 0 Å². The number of ketones is 1. The molecule has 25 heavy (non-hydrogen) atoms. The third-order valence-corrected chi connectivity index (χ3v) is 4.26. The monoisotopic (exact) mass is 342 g/mol. The zero-order chi connectivity index (χ0) is 18.3. The van der Waals surface area contributed by atoms with Crippen molar-refractivity contribution >= 4 is 17.7 Å². The normalized spacial score (nSPS) is 12.4. The number of phenolic OH excluding ortho intramolecular Hbond substituents is 2. The second-order valence-electron chi connectivity index (χ2n) is 5.85. The molecule has 1 aliphatic rings. The van der Waals surface area contributed by atoms with Crippen LogP contribution in [0.25, 0.3) is 0 Å². The van der Waals surface area contributed by atoms with Crippen LogP contribution in [-0.2, 0) is 28.9 Å². The number of aromatic hydroxyl groups is 2. The van der Waals surface area contributed by atoms with Gasteiger partial charge in [0.05, 0.1) is 12.8 Å². The molecule has 0 radical (unpaired) electrons. The maximum atomic E-state index is 12.6. The summed E-state index contributed by atoms with van der Waals surface area (Å²) in [7, 11) is 0. The van der Waals surface area contributed by atoms with Crippen molar-refractivity contribution in [2.24, 2.45) is 0 Å². The van der Waals surface area contributed by atoms with E-state index < -0.39 is 30.6 Å². The fourth-order valence-corrected chi connectivity index (χ4v) is 3.09. The summed E-state index contributed by atoms with van der Waals surface area (Å²) >= 11 is 0.